The lowest BCUT2D eigenvalue weighted by molar-refractivity contribution is -0.122. The lowest BCUT2D eigenvalue weighted by atomic mass is 9.69. The Balaban J connectivity index is 1.75. The topological polar surface area (TPSA) is 62.1 Å². The Labute approximate surface area is 188 Å². The smallest absolute Gasteiger partial charge is 0.265 e. The number of rotatable bonds is 6. The molecule has 160 valence electrons. The molecule has 6 heteroatoms. The first-order valence-electron chi connectivity index (χ1n) is 10.4. The van der Waals surface area contributed by atoms with Gasteiger partial charge >= 0.3 is 0 Å². The van der Waals surface area contributed by atoms with Crippen molar-refractivity contribution in [3.63, 3.8) is 0 Å². The Bertz CT molecular complexity index is 990. The van der Waals surface area contributed by atoms with Crippen molar-refractivity contribution in [2.24, 2.45) is 11.3 Å². The normalized spacial score (nSPS) is 17.0. The minimum absolute atomic E-state index is 0.259. The number of anilines is 1. The second kappa shape index (κ2) is 8.99. The number of thiophene rings is 1. The number of aryl methyl sites for hydroxylation is 1. The summed E-state index contributed by atoms with van der Waals surface area (Å²) in [4.78, 5) is 14.0. The summed E-state index contributed by atoms with van der Waals surface area (Å²) in [7, 11) is 0. The van der Waals surface area contributed by atoms with Gasteiger partial charge in [-0.05, 0) is 73.8 Å². The van der Waals surface area contributed by atoms with Crippen molar-refractivity contribution in [3.8, 4) is 11.8 Å². The average Bonchev–Trinajstić information content (AvgIpc) is 3.05. The SMILES string of the molecule is CCC(C)(C)C1CCc2c(sc(NC(=O)C(C)Oc3ccc(Cl)cc3C)c2C#N)C1. The number of nitrogens with zero attached hydrogens (tertiary/aromatic N) is 1. The largest absolute Gasteiger partial charge is 0.481 e. The maximum absolute atomic E-state index is 12.8. The second-order valence-corrected chi connectivity index (χ2v) is 10.3. The van der Waals surface area contributed by atoms with Crippen molar-refractivity contribution in [3.05, 3.63) is 44.8 Å². The molecular weight excluding hydrogens is 416 g/mol. The molecule has 1 aromatic carbocycles. The third-order valence-electron chi connectivity index (χ3n) is 6.44. The number of halogens is 1. The first-order chi connectivity index (χ1) is 14.2. The molecule has 30 heavy (non-hydrogen) atoms. The number of amides is 1. The Morgan fingerprint density at radius 3 is 2.83 bits per heavy atom. The summed E-state index contributed by atoms with van der Waals surface area (Å²) >= 11 is 7.54. The molecule has 0 aliphatic heterocycles. The fraction of sp³-hybridized carbons (Fsp3) is 0.500. The summed E-state index contributed by atoms with van der Waals surface area (Å²) in [6, 6.07) is 7.63. The molecule has 3 rings (SSSR count). The van der Waals surface area contributed by atoms with Gasteiger partial charge in [-0.25, -0.2) is 0 Å². The fourth-order valence-corrected chi connectivity index (χ4v) is 5.46. The van der Waals surface area contributed by atoms with Crippen LogP contribution in [0.5, 0.6) is 5.75 Å². The van der Waals surface area contributed by atoms with Crippen molar-refractivity contribution in [1.29, 1.82) is 5.26 Å². The Kier molecular flexibility index (Phi) is 6.79. The van der Waals surface area contributed by atoms with Gasteiger partial charge in [-0.1, -0.05) is 38.8 Å². The van der Waals surface area contributed by atoms with Crippen LogP contribution >= 0.6 is 22.9 Å². The number of carbonyl (C=O) groups is 1. The van der Waals surface area contributed by atoms with E-state index < -0.39 is 6.10 Å². The van der Waals surface area contributed by atoms with E-state index in [-0.39, 0.29) is 11.3 Å². The molecule has 0 saturated heterocycles. The summed E-state index contributed by atoms with van der Waals surface area (Å²) in [6.07, 6.45) is 3.40. The monoisotopic (exact) mass is 444 g/mol. The van der Waals surface area contributed by atoms with Gasteiger partial charge in [0, 0.05) is 9.90 Å². The van der Waals surface area contributed by atoms with Crippen LogP contribution in [0.2, 0.25) is 5.02 Å². The zero-order valence-electron chi connectivity index (χ0n) is 18.3. The van der Waals surface area contributed by atoms with Crippen LogP contribution in [0.25, 0.3) is 0 Å². The summed E-state index contributed by atoms with van der Waals surface area (Å²) in [5.74, 6) is 0.960. The van der Waals surface area contributed by atoms with E-state index in [0.717, 1.165) is 36.8 Å². The van der Waals surface area contributed by atoms with Gasteiger partial charge in [0.15, 0.2) is 6.10 Å². The summed E-state index contributed by atoms with van der Waals surface area (Å²) in [6.45, 7) is 10.5. The number of nitriles is 1. The third kappa shape index (κ3) is 4.66. The van der Waals surface area contributed by atoms with E-state index >= 15 is 0 Å². The first-order valence-corrected chi connectivity index (χ1v) is 11.6. The highest BCUT2D eigenvalue weighted by molar-refractivity contribution is 7.16. The van der Waals surface area contributed by atoms with Crippen molar-refractivity contribution in [2.45, 2.75) is 66.4 Å². The molecular formula is C24H29ClN2O2S. The molecule has 4 nitrogen and oxygen atoms in total. The van der Waals surface area contributed by atoms with Gasteiger partial charge in [0.1, 0.15) is 16.8 Å². The molecule has 1 aromatic heterocycles. The van der Waals surface area contributed by atoms with Gasteiger partial charge in [-0.15, -0.1) is 11.3 Å². The number of carbonyl (C=O) groups excluding carboxylic acids is 1. The molecule has 2 aromatic rings. The molecule has 1 aliphatic rings. The van der Waals surface area contributed by atoms with Crippen LogP contribution < -0.4 is 10.1 Å². The van der Waals surface area contributed by atoms with Gasteiger partial charge in [-0.2, -0.15) is 5.26 Å². The van der Waals surface area contributed by atoms with E-state index in [9.17, 15) is 10.1 Å². The van der Waals surface area contributed by atoms with E-state index in [1.165, 1.54) is 4.88 Å². The average molecular weight is 445 g/mol. The molecule has 1 N–H and O–H groups in total. The molecule has 0 radical (unpaired) electrons. The molecule has 1 aliphatic carbocycles. The van der Waals surface area contributed by atoms with Gasteiger partial charge in [-0.3, -0.25) is 4.79 Å². The van der Waals surface area contributed by atoms with Crippen molar-refractivity contribution < 1.29 is 9.53 Å². The lowest BCUT2D eigenvalue weighted by Crippen LogP contribution is -2.30. The Hall–Kier alpha value is -2.03. The summed E-state index contributed by atoms with van der Waals surface area (Å²) in [5, 5.41) is 14.0. The van der Waals surface area contributed by atoms with E-state index in [2.05, 4.69) is 32.2 Å². The van der Waals surface area contributed by atoms with Crippen LogP contribution in [0.3, 0.4) is 0 Å². The molecule has 2 unspecified atom stereocenters. The predicted octanol–water partition coefficient (Wildman–Crippen LogP) is 6.53. The molecule has 2 atom stereocenters. The van der Waals surface area contributed by atoms with Crippen LogP contribution in [-0.4, -0.2) is 12.0 Å². The molecule has 0 spiro atoms. The first kappa shape index (κ1) is 22.7. The minimum atomic E-state index is -0.692. The van der Waals surface area contributed by atoms with Crippen molar-refractivity contribution in [2.75, 3.05) is 5.32 Å². The fourth-order valence-electron chi connectivity index (χ4n) is 3.95. The summed E-state index contributed by atoms with van der Waals surface area (Å²) in [5.41, 5.74) is 2.88. The van der Waals surface area contributed by atoms with E-state index in [1.807, 2.05) is 6.92 Å². The maximum atomic E-state index is 12.8. The van der Waals surface area contributed by atoms with Crippen molar-refractivity contribution in [1.82, 2.24) is 0 Å². The maximum Gasteiger partial charge on any atom is 0.265 e. The van der Waals surface area contributed by atoms with Crippen molar-refractivity contribution >= 4 is 33.8 Å². The molecule has 0 saturated carbocycles. The number of fused-ring (bicyclic) bond motifs is 1. The molecule has 0 bridgehead atoms. The van der Waals surface area contributed by atoms with Gasteiger partial charge < -0.3 is 10.1 Å². The van der Waals surface area contributed by atoms with E-state index in [0.29, 0.717) is 27.3 Å². The Morgan fingerprint density at radius 2 is 2.20 bits per heavy atom. The van der Waals surface area contributed by atoms with Crippen LogP contribution in [-0.2, 0) is 17.6 Å². The van der Waals surface area contributed by atoms with Gasteiger partial charge in [0.05, 0.1) is 5.56 Å². The zero-order chi connectivity index (χ0) is 22.1. The number of hydrogen-bond donors (Lipinski definition) is 1. The summed E-state index contributed by atoms with van der Waals surface area (Å²) < 4.78 is 5.84. The molecule has 0 fully saturated rings. The van der Waals surface area contributed by atoms with Gasteiger partial charge in [0.25, 0.3) is 5.91 Å². The molecule has 1 amide bonds. The quantitative estimate of drug-likeness (QED) is 0.550. The van der Waals surface area contributed by atoms with Crippen LogP contribution in [0.15, 0.2) is 18.2 Å². The number of ether oxygens (including phenoxy) is 1. The lowest BCUT2D eigenvalue weighted by Gasteiger charge is -2.36. The third-order valence-corrected chi connectivity index (χ3v) is 7.85. The van der Waals surface area contributed by atoms with Crippen LogP contribution in [0.4, 0.5) is 5.00 Å². The molecule has 1 heterocycles. The highest BCUT2D eigenvalue weighted by Crippen LogP contribution is 2.45. The van der Waals surface area contributed by atoms with Gasteiger partial charge in [0.2, 0.25) is 0 Å². The second-order valence-electron chi connectivity index (χ2n) is 8.76. The van der Waals surface area contributed by atoms with E-state index in [4.69, 9.17) is 16.3 Å². The minimum Gasteiger partial charge on any atom is -0.481 e. The highest BCUT2D eigenvalue weighted by Gasteiger charge is 2.34. The van der Waals surface area contributed by atoms with Crippen LogP contribution in [0, 0.1) is 29.6 Å². The highest BCUT2D eigenvalue weighted by atomic mass is 35.5. The number of benzene rings is 1. The predicted molar refractivity (Wildman–Crippen MR) is 124 cm³/mol. The Morgan fingerprint density at radius 1 is 1.47 bits per heavy atom. The standard InChI is InChI=1S/C24H29ClN2O2S/c1-6-24(4,5)16-7-9-18-19(13-26)23(30-21(18)12-16)27-22(28)15(3)29-20-10-8-17(25)11-14(20)2/h8,10-11,15-16H,6-7,9,12H2,1-5H3,(H,27,28). The van der Waals surface area contributed by atoms with Crippen LogP contribution in [0.1, 0.15) is 62.1 Å². The van der Waals surface area contributed by atoms with E-state index in [1.54, 1.807) is 36.5 Å². The zero-order valence-corrected chi connectivity index (χ0v) is 19.8. The number of hydrogen-bond acceptors (Lipinski definition) is 4. The number of nitrogens with one attached hydrogen (secondary N) is 1.